The van der Waals surface area contributed by atoms with Crippen LogP contribution in [-0.4, -0.2) is 15.4 Å². The lowest BCUT2D eigenvalue weighted by molar-refractivity contribution is 0.108. The molecule has 0 bridgehead atoms. The molecule has 0 radical (unpaired) electrons. The van der Waals surface area contributed by atoms with Crippen LogP contribution < -0.4 is 0 Å². The molecule has 0 saturated carbocycles. The monoisotopic (exact) mass is 158 g/mol. The first-order valence-corrected chi connectivity index (χ1v) is 3.22. The van der Waals surface area contributed by atoms with Crippen LogP contribution in [0.2, 0.25) is 0 Å². The zero-order valence-electron chi connectivity index (χ0n) is 5.73. The molecular formula is C6H7ClN2O. The topological polar surface area (TPSA) is 45.8 Å². The Bertz CT molecular complexity index is 247. The van der Waals surface area contributed by atoms with Gasteiger partial charge in [0.25, 0.3) is 5.24 Å². The molecule has 1 aromatic rings. The highest BCUT2D eigenvalue weighted by molar-refractivity contribution is 6.68. The van der Waals surface area contributed by atoms with Crippen molar-refractivity contribution in [2.24, 2.45) is 0 Å². The van der Waals surface area contributed by atoms with Gasteiger partial charge in [-0.2, -0.15) is 5.10 Å². The fourth-order valence-electron chi connectivity index (χ4n) is 0.841. The number of nitrogens with one attached hydrogen (secondary N) is 1. The summed E-state index contributed by atoms with van der Waals surface area (Å²) in [6, 6.07) is 0. The molecule has 1 heterocycles. The van der Waals surface area contributed by atoms with Crippen LogP contribution in [0.5, 0.6) is 0 Å². The Morgan fingerprint density at radius 1 is 1.60 bits per heavy atom. The third-order valence-corrected chi connectivity index (χ3v) is 1.51. The average Bonchev–Trinajstić information content (AvgIpc) is 2.11. The standard InChI is InChI=1S/C6H7ClN2O/c1-3-5(6(7)10)4(2)9-8-3/h1-2H3,(H,8,9). The number of hydrogen-bond donors (Lipinski definition) is 1. The number of aromatic amines is 1. The Hall–Kier alpha value is -0.830. The van der Waals surface area contributed by atoms with Gasteiger partial charge in [0.1, 0.15) is 0 Å². The molecule has 0 unspecified atom stereocenters. The van der Waals surface area contributed by atoms with Crippen LogP contribution in [0.3, 0.4) is 0 Å². The average molecular weight is 159 g/mol. The molecule has 54 valence electrons. The molecule has 1 rings (SSSR count). The first-order chi connectivity index (χ1) is 4.63. The first kappa shape index (κ1) is 7.28. The van der Waals surface area contributed by atoms with Gasteiger partial charge >= 0.3 is 0 Å². The van der Waals surface area contributed by atoms with Crippen LogP contribution in [0.1, 0.15) is 21.7 Å². The number of halogens is 1. The van der Waals surface area contributed by atoms with E-state index in [1.54, 1.807) is 13.8 Å². The third-order valence-electron chi connectivity index (χ3n) is 1.32. The minimum absolute atomic E-state index is 0.455. The molecule has 3 nitrogen and oxygen atoms in total. The van der Waals surface area contributed by atoms with Gasteiger partial charge < -0.3 is 0 Å². The van der Waals surface area contributed by atoms with Crippen molar-refractivity contribution in [2.45, 2.75) is 13.8 Å². The van der Waals surface area contributed by atoms with Crippen molar-refractivity contribution < 1.29 is 4.79 Å². The SMILES string of the molecule is Cc1n[nH]c(C)c1C(=O)Cl. The predicted molar refractivity (Wildman–Crippen MR) is 38.2 cm³/mol. The van der Waals surface area contributed by atoms with Crippen LogP contribution in [-0.2, 0) is 0 Å². The lowest BCUT2D eigenvalue weighted by Gasteiger charge is -1.88. The van der Waals surface area contributed by atoms with Gasteiger partial charge in [0, 0.05) is 5.69 Å². The Kier molecular flexibility index (Phi) is 1.76. The Balaban J connectivity index is 3.23. The number of rotatable bonds is 1. The number of aryl methyl sites for hydroxylation is 2. The molecule has 1 aromatic heterocycles. The van der Waals surface area contributed by atoms with E-state index in [1.807, 2.05) is 0 Å². The van der Waals surface area contributed by atoms with Gasteiger partial charge in [-0.05, 0) is 25.4 Å². The van der Waals surface area contributed by atoms with Gasteiger partial charge in [-0.15, -0.1) is 0 Å². The van der Waals surface area contributed by atoms with E-state index in [-0.39, 0.29) is 0 Å². The number of carbonyl (C=O) groups excluding carboxylic acids is 1. The fraction of sp³-hybridized carbons (Fsp3) is 0.333. The van der Waals surface area contributed by atoms with E-state index in [1.165, 1.54) is 0 Å². The summed E-state index contributed by atoms with van der Waals surface area (Å²) in [6.07, 6.45) is 0. The Labute approximate surface area is 63.4 Å². The second-order valence-corrected chi connectivity index (χ2v) is 2.43. The van der Waals surface area contributed by atoms with E-state index < -0.39 is 5.24 Å². The van der Waals surface area contributed by atoms with Crippen molar-refractivity contribution in [3.05, 3.63) is 17.0 Å². The summed E-state index contributed by atoms with van der Waals surface area (Å²) in [5.74, 6) is 0. The zero-order valence-corrected chi connectivity index (χ0v) is 6.49. The normalized spacial score (nSPS) is 9.90. The molecule has 0 spiro atoms. The van der Waals surface area contributed by atoms with Crippen LogP contribution in [0.25, 0.3) is 0 Å². The molecular weight excluding hydrogens is 152 g/mol. The van der Waals surface area contributed by atoms with Gasteiger partial charge in [-0.1, -0.05) is 0 Å². The van der Waals surface area contributed by atoms with E-state index in [0.29, 0.717) is 11.3 Å². The van der Waals surface area contributed by atoms with Crippen LogP contribution in [0.15, 0.2) is 0 Å². The van der Waals surface area contributed by atoms with E-state index >= 15 is 0 Å². The highest BCUT2D eigenvalue weighted by atomic mass is 35.5. The van der Waals surface area contributed by atoms with Gasteiger partial charge in [0.05, 0.1) is 11.3 Å². The van der Waals surface area contributed by atoms with E-state index in [4.69, 9.17) is 11.6 Å². The predicted octanol–water partition coefficient (Wildman–Crippen LogP) is 1.41. The molecule has 0 aromatic carbocycles. The lowest BCUT2D eigenvalue weighted by atomic mass is 10.2. The molecule has 4 heteroatoms. The molecule has 0 fully saturated rings. The fourth-order valence-corrected chi connectivity index (χ4v) is 1.12. The highest BCUT2D eigenvalue weighted by Crippen LogP contribution is 2.11. The number of carbonyl (C=O) groups is 1. The first-order valence-electron chi connectivity index (χ1n) is 2.84. The number of nitrogens with zero attached hydrogens (tertiary/aromatic N) is 1. The smallest absolute Gasteiger partial charge is 0.256 e. The molecule has 0 amide bonds. The second kappa shape index (κ2) is 2.42. The zero-order chi connectivity index (χ0) is 7.72. The number of aromatic nitrogens is 2. The molecule has 0 aliphatic rings. The lowest BCUT2D eigenvalue weighted by Crippen LogP contribution is -1.91. The minimum Gasteiger partial charge on any atom is -0.282 e. The largest absolute Gasteiger partial charge is 0.282 e. The Morgan fingerprint density at radius 2 is 2.20 bits per heavy atom. The van der Waals surface area contributed by atoms with E-state index in [2.05, 4.69) is 10.2 Å². The summed E-state index contributed by atoms with van der Waals surface area (Å²) in [4.78, 5) is 10.7. The maximum atomic E-state index is 10.7. The van der Waals surface area contributed by atoms with Crippen LogP contribution in [0, 0.1) is 13.8 Å². The van der Waals surface area contributed by atoms with Crippen molar-refractivity contribution in [1.82, 2.24) is 10.2 Å². The minimum atomic E-state index is -0.455. The summed E-state index contributed by atoms with van der Waals surface area (Å²) < 4.78 is 0. The second-order valence-electron chi connectivity index (χ2n) is 2.08. The maximum Gasteiger partial charge on any atom is 0.256 e. The van der Waals surface area contributed by atoms with Crippen LogP contribution in [0.4, 0.5) is 0 Å². The molecule has 0 atom stereocenters. The number of H-pyrrole nitrogens is 1. The van der Waals surface area contributed by atoms with Crippen molar-refractivity contribution in [2.75, 3.05) is 0 Å². The molecule has 0 saturated heterocycles. The highest BCUT2D eigenvalue weighted by Gasteiger charge is 2.11. The van der Waals surface area contributed by atoms with E-state index in [9.17, 15) is 4.79 Å². The summed E-state index contributed by atoms with van der Waals surface area (Å²) in [7, 11) is 0. The van der Waals surface area contributed by atoms with E-state index in [0.717, 1.165) is 5.69 Å². The molecule has 10 heavy (non-hydrogen) atoms. The number of hydrogen-bond acceptors (Lipinski definition) is 2. The summed E-state index contributed by atoms with van der Waals surface area (Å²) in [5, 5.41) is 6.02. The van der Waals surface area contributed by atoms with Gasteiger partial charge in [0.15, 0.2) is 0 Å². The van der Waals surface area contributed by atoms with Crippen molar-refractivity contribution >= 4 is 16.8 Å². The quantitative estimate of drug-likeness (QED) is 0.628. The molecule has 0 aliphatic carbocycles. The van der Waals surface area contributed by atoms with Crippen molar-refractivity contribution in [3.63, 3.8) is 0 Å². The summed E-state index contributed by atoms with van der Waals surface area (Å²) in [6.45, 7) is 3.49. The van der Waals surface area contributed by atoms with Crippen molar-refractivity contribution in [1.29, 1.82) is 0 Å². The van der Waals surface area contributed by atoms with Crippen LogP contribution >= 0.6 is 11.6 Å². The van der Waals surface area contributed by atoms with Gasteiger partial charge in [-0.25, -0.2) is 0 Å². The summed E-state index contributed by atoms with van der Waals surface area (Å²) in [5.41, 5.74) is 1.86. The van der Waals surface area contributed by atoms with Gasteiger partial charge in [-0.3, -0.25) is 9.89 Å². The van der Waals surface area contributed by atoms with Crippen molar-refractivity contribution in [3.8, 4) is 0 Å². The molecule has 0 aliphatic heterocycles. The third kappa shape index (κ3) is 1.04. The Morgan fingerprint density at radius 3 is 2.40 bits per heavy atom. The maximum absolute atomic E-state index is 10.7. The van der Waals surface area contributed by atoms with Gasteiger partial charge in [0.2, 0.25) is 0 Å². The molecule has 1 N–H and O–H groups in total. The summed E-state index contributed by atoms with van der Waals surface area (Å²) >= 11 is 5.26.